The van der Waals surface area contributed by atoms with Crippen molar-refractivity contribution < 1.29 is 23.8 Å². The van der Waals surface area contributed by atoms with E-state index in [-0.39, 0.29) is 12.4 Å². The van der Waals surface area contributed by atoms with E-state index in [9.17, 15) is 9.59 Å². The van der Waals surface area contributed by atoms with Crippen molar-refractivity contribution >= 4 is 12.1 Å². The van der Waals surface area contributed by atoms with Crippen molar-refractivity contribution in [1.82, 2.24) is 4.90 Å². The summed E-state index contributed by atoms with van der Waals surface area (Å²) in [6, 6.07) is 1.47. The Hall–Kier alpha value is -2.24. The number of aryl methyl sites for hydroxylation is 1. The van der Waals surface area contributed by atoms with Crippen LogP contribution in [-0.2, 0) is 17.7 Å². The van der Waals surface area contributed by atoms with E-state index in [0.29, 0.717) is 31.7 Å². The van der Waals surface area contributed by atoms with E-state index in [0.717, 1.165) is 5.56 Å². The van der Waals surface area contributed by atoms with Crippen LogP contribution >= 0.6 is 0 Å². The van der Waals surface area contributed by atoms with Gasteiger partial charge in [-0.1, -0.05) is 12.7 Å². The van der Waals surface area contributed by atoms with Gasteiger partial charge in [-0.05, 0) is 12.5 Å². The molecule has 0 aromatic carbocycles. The highest BCUT2D eigenvalue weighted by Gasteiger charge is 2.24. The number of hydrogen-bond donors (Lipinski definition) is 1. The molecule has 0 unspecified atom stereocenters. The zero-order chi connectivity index (χ0) is 13.8. The van der Waals surface area contributed by atoms with Crippen molar-refractivity contribution in [3.05, 3.63) is 35.8 Å². The quantitative estimate of drug-likeness (QED) is 0.846. The van der Waals surface area contributed by atoms with Gasteiger partial charge in [-0.15, -0.1) is 0 Å². The molecule has 6 nitrogen and oxygen atoms in total. The maximum atomic E-state index is 11.8. The van der Waals surface area contributed by atoms with E-state index in [2.05, 4.69) is 6.58 Å². The molecule has 1 aromatic rings. The van der Waals surface area contributed by atoms with Crippen LogP contribution in [0, 0.1) is 0 Å². The maximum absolute atomic E-state index is 11.8. The van der Waals surface area contributed by atoms with Crippen LogP contribution in [0.15, 0.2) is 23.1 Å². The lowest BCUT2D eigenvalue weighted by atomic mass is 10.2. The molecule has 19 heavy (non-hydrogen) atoms. The third-order valence-corrected chi connectivity index (χ3v) is 2.88. The molecule has 0 spiro atoms. The first-order valence-electron chi connectivity index (χ1n) is 5.99. The van der Waals surface area contributed by atoms with Crippen molar-refractivity contribution in [2.75, 3.05) is 13.2 Å². The molecule has 0 bridgehead atoms. The molecule has 0 saturated carbocycles. The average Bonchev–Trinajstić information content (AvgIpc) is 2.68. The Kier molecular flexibility index (Phi) is 3.89. The summed E-state index contributed by atoms with van der Waals surface area (Å²) in [5.74, 6) is -0.559. The predicted octanol–water partition coefficient (Wildman–Crippen LogP) is 2.05. The Morgan fingerprint density at radius 1 is 1.58 bits per heavy atom. The number of nitrogens with zero attached hydrogens (tertiary/aromatic N) is 1. The normalized spacial score (nSPS) is 14.4. The fraction of sp³-hybridized carbons (Fsp3) is 0.385. The molecule has 102 valence electrons. The molecule has 0 radical (unpaired) electrons. The zero-order valence-corrected chi connectivity index (χ0v) is 10.4. The van der Waals surface area contributed by atoms with Gasteiger partial charge in [0, 0.05) is 18.5 Å². The van der Waals surface area contributed by atoms with E-state index in [1.54, 1.807) is 0 Å². The first-order valence-corrected chi connectivity index (χ1v) is 5.99. The summed E-state index contributed by atoms with van der Waals surface area (Å²) >= 11 is 0. The number of hydrogen-bond acceptors (Lipinski definition) is 4. The molecule has 1 amide bonds. The number of amides is 1. The first-order chi connectivity index (χ1) is 9.11. The minimum atomic E-state index is -1.10. The van der Waals surface area contributed by atoms with E-state index >= 15 is 0 Å². The molecule has 1 aliphatic heterocycles. The Morgan fingerprint density at radius 2 is 2.37 bits per heavy atom. The fourth-order valence-corrected chi connectivity index (χ4v) is 2.01. The summed E-state index contributed by atoms with van der Waals surface area (Å²) in [4.78, 5) is 24.2. The molecular weight excluding hydrogens is 250 g/mol. The molecule has 1 aromatic heterocycles. The summed E-state index contributed by atoms with van der Waals surface area (Å²) in [5, 5.41) is 8.89. The van der Waals surface area contributed by atoms with E-state index in [1.165, 1.54) is 17.0 Å². The number of fused-ring (bicyclic) bond motifs is 1. The predicted molar refractivity (Wildman–Crippen MR) is 65.9 cm³/mol. The van der Waals surface area contributed by atoms with Gasteiger partial charge < -0.3 is 19.2 Å². The lowest BCUT2D eigenvalue weighted by Gasteiger charge is -2.19. The number of furan rings is 1. The zero-order valence-electron chi connectivity index (χ0n) is 10.4. The first kappa shape index (κ1) is 13.2. The van der Waals surface area contributed by atoms with Crippen LogP contribution in [-0.4, -0.2) is 35.2 Å². The van der Waals surface area contributed by atoms with Crippen LogP contribution in [0.4, 0.5) is 4.79 Å². The van der Waals surface area contributed by atoms with Gasteiger partial charge in [-0.2, -0.15) is 0 Å². The lowest BCUT2D eigenvalue weighted by molar-refractivity contribution is 0.0660. The van der Waals surface area contributed by atoms with E-state index in [1.807, 2.05) is 0 Å². The van der Waals surface area contributed by atoms with Gasteiger partial charge in [0.05, 0.1) is 6.54 Å². The number of aromatic carboxylic acids is 1. The largest absolute Gasteiger partial charge is 0.475 e. The maximum Gasteiger partial charge on any atom is 0.410 e. The standard InChI is InChI=1S/C13H15NO5/c1-2-6-18-13(17)14-5-3-4-10-9(8-14)7-11(19-10)12(15)16/h2,7H,1,3-6,8H2,(H,15,16). The van der Waals surface area contributed by atoms with Gasteiger partial charge in [0.1, 0.15) is 12.4 Å². The Bertz CT molecular complexity index is 505. The van der Waals surface area contributed by atoms with Crippen LogP contribution in [0.3, 0.4) is 0 Å². The molecule has 1 aliphatic rings. The second kappa shape index (κ2) is 5.60. The van der Waals surface area contributed by atoms with Crippen molar-refractivity contribution in [1.29, 1.82) is 0 Å². The molecule has 0 fully saturated rings. The second-order valence-corrected chi connectivity index (χ2v) is 4.25. The molecule has 2 rings (SSSR count). The molecule has 0 atom stereocenters. The third kappa shape index (κ3) is 2.96. The van der Waals surface area contributed by atoms with Gasteiger partial charge in [0.25, 0.3) is 0 Å². The van der Waals surface area contributed by atoms with Gasteiger partial charge >= 0.3 is 12.1 Å². The second-order valence-electron chi connectivity index (χ2n) is 4.25. The van der Waals surface area contributed by atoms with Crippen LogP contribution < -0.4 is 0 Å². The highest BCUT2D eigenvalue weighted by Crippen LogP contribution is 2.23. The minimum Gasteiger partial charge on any atom is -0.475 e. The number of carbonyl (C=O) groups is 2. The molecule has 2 heterocycles. The van der Waals surface area contributed by atoms with Gasteiger partial charge in [-0.25, -0.2) is 9.59 Å². The van der Waals surface area contributed by atoms with Crippen LogP contribution in [0.2, 0.25) is 0 Å². The number of carboxylic acids is 1. The number of carboxylic acid groups (broad SMARTS) is 1. The van der Waals surface area contributed by atoms with E-state index in [4.69, 9.17) is 14.3 Å². The number of rotatable bonds is 3. The van der Waals surface area contributed by atoms with Gasteiger partial charge in [0.15, 0.2) is 0 Å². The van der Waals surface area contributed by atoms with Crippen LogP contribution in [0.5, 0.6) is 0 Å². The van der Waals surface area contributed by atoms with Gasteiger partial charge in [0.2, 0.25) is 5.76 Å². The molecular formula is C13H15NO5. The van der Waals surface area contributed by atoms with Crippen molar-refractivity contribution in [3.8, 4) is 0 Å². The summed E-state index contributed by atoms with van der Waals surface area (Å²) in [5.41, 5.74) is 0.727. The van der Waals surface area contributed by atoms with Crippen molar-refractivity contribution in [3.63, 3.8) is 0 Å². The summed E-state index contributed by atoms with van der Waals surface area (Å²) in [7, 11) is 0. The Labute approximate surface area is 110 Å². The van der Waals surface area contributed by atoms with Crippen molar-refractivity contribution in [2.45, 2.75) is 19.4 Å². The topological polar surface area (TPSA) is 80.0 Å². The highest BCUT2D eigenvalue weighted by molar-refractivity contribution is 5.84. The smallest absolute Gasteiger partial charge is 0.410 e. The monoisotopic (exact) mass is 265 g/mol. The summed E-state index contributed by atoms with van der Waals surface area (Å²) in [6.45, 7) is 4.51. The van der Waals surface area contributed by atoms with E-state index < -0.39 is 12.1 Å². The van der Waals surface area contributed by atoms with Crippen molar-refractivity contribution in [2.24, 2.45) is 0 Å². The summed E-state index contributed by atoms with van der Waals surface area (Å²) in [6.07, 6.45) is 2.41. The fourth-order valence-electron chi connectivity index (χ4n) is 2.01. The van der Waals surface area contributed by atoms with Crippen LogP contribution in [0.1, 0.15) is 28.3 Å². The lowest BCUT2D eigenvalue weighted by Crippen LogP contribution is -2.31. The number of ether oxygens (including phenoxy) is 1. The summed E-state index contributed by atoms with van der Waals surface area (Å²) < 4.78 is 10.2. The SMILES string of the molecule is C=CCOC(=O)N1CCCc2oc(C(=O)O)cc2C1. The third-order valence-electron chi connectivity index (χ3n) is 2.88. The Morgan fingerprint density at radius 3 is 3.05 bits per heavy atom. The molecule has 1 N–H and O–H groups in total. The Balaban J connectivity index is 2.12. The van der Waals surface area contributed by atoms with Crippen LogP contribution in [0.25, 0.3) is 0 Å². The molecule has 0 saturated heterocycles. The van der Waals surface area contributed by atoms with Gasteiger partial charge in [-0.3, -0.25) is 0 Å². The highest BCUT2D eigenvalue weighted by atomic mass is 16.6. The molecule has 0 aliphatic carbocycles. The minimum absolute atomic E-state index is 0.0914. The number of carbonyl (C=O) groups excluding carboxylic acids is 1. The molecule has 6 heteroatoms. The average molecular weight is 265 g/mol.